The fourth-order valence-corrected chi connectivity index (χ4v) is 3.15. The summed E-state index contributed by atoms with van der Waals surface area (Å²) in [5.41, 5.74) is 11.1. The molecule has 0 bridgehead atoms. The first-order valence-corrected chi connectivity index (χ1v) is 8.82. The molecule has 0 saturated heterocycles. The van der Waals surface area contributed by atoms with Gasteiger partial charge in [-0.15, -0.1) is 0 Å². The topological polar surface area (TPSA) is 60.8 Å². The zero-order valence-corrected chi connectivity index (χ0v) is 15.2. The van der Waals surface area contributed by atoms with Gasteiger partial charge in [-0.05, 0) is 62.2 Å². The van der Waals surface area contributed by atoms with Crippen molar-refractivity contribution in [2.24, 2.45) is 5.11 Å². The SMILES string of the molecule is [N-]=[N+]=NC[C@H](NCc1ccc(I)cc1)c1cccc2ccccc12. The number of benzene rings is 3. The van der Waals surface area contributed by atoms with E-state index in [1.807, 2.05) is 18.2 Å². The van der Waals surface area contributed by atoms with Gasteiger partial charge in [0.2, 0.25) is 0 Å². The second-order valence-electron chi connectivity index (χ2n) is 5.54. The molecule has 0 aliphatic heterocycles. The minimum Gasteiger partial charge on any atom is -0.306 e. The third-order valence-electron chi connectivity index (χ3n) is 3.99. The molecule has 0 aromatic heterocycles. The first-order chi connectivity index (χ1) is 11.8. The maximum atomic E-state index is 8.72. The van der Waals surface area contributed by atoms with Gasteiger partial charge in [-0.2, -0.15) is 0 Å². The van der Waals surface area contributed by atoms with E-state index in [9.17, 15) is 0 Å². The summed E-state index contributed by atoms with van der Waals surface area (Å²) in [6, 6.07) is 22.9. The summed E-state index contributed by atoms with van der Waals surface area (Å²) in [6.07, 6.45) is 0. The van der Waals surface area contributed by atoms with Crippen LogP contribution in [0.2, 0.25) is 0 Å². The monoisotopic (exact) mass is 428 g/mol. The third kappa shape index (κ3) is 4.06. The lowest BCUT2D eigenvalue weighted by Gasteiger charge is -2.19. The van der Waals surface area contributed by atoms with Crippen molar-refractivity contribution < 1.29 is 0 Å². The number of azide groups is 1. The Hall–Kier alpha value is -2.08. The van der Waals surface area contributed by atoms with Gasteiger partial charge in [-0.1, -0.05) is 59.7 Å². The highest BCUT2D eigenvalue weighted by Gasteiger charge is 2.13. The Morgan fingerprint density at radius 3 is 2.54 bits per heavy atom. The van der Waals surface area contributed by atoms with Crippen molar-refractivity contribution in [3.63, 3.8) is 0 Å². The lowest BCUT2D eigenvalue weighted by molar-refractivity contribution is 0.544. The highest BCUT2D eigenvalue weighted by atomic mass is 127. The highest BCUT2D eigenvalue weighted by molar-refractivity contribution is 14.1. The van der Waals surface area contributed by atoms with Gasteiger partial charge in [0.1, 0.15) is 0 Å². The van der Waals surface area contributed by atoms with Crippen molar-refractivity contribution in [1.82, 2.24) is 5.32 Å². The normalized spacial score (nSPS) is 11.9. The van der Waals surface area contributed by atoms with Crippen molar-refractivity contribution in [2.45, 2.75) is 12.6 Å². The van der Waals surface area contributed by atoms with E-state index in [0.29, 0.717) is 6.54 Å². The average Bonchev–Trinajstić information content (AvgIpc) is 2.63. The minimum atomic E-state index is -0.0220. The van der Waals surface area contributed by atoms with Crippen molar-refractivity contribution in [1.29, 1.82) is 0 Å². The first-order valence-electron chi connectivity index (χ1n) is 7.74. The lowest BCUT2D eigenvalue weighted by Crippen LogP contribution is -2.23. The molecule has 1 atom stereocenters. The summed E-state index contributed by atoms with van der Waals surface area (Å²) in [6.45, 7) is 1.11. The second-order valence-corrected chi connectivity index (χ2v) is 6.79. The Labute approximate surface area is 154 Å². The van der Waals surface area contributed by atoms with E-state index >= 15 is 0 Å². The number of nitrogens with one attached hydrogen (secondary N) is 1. The van der Waals surface area contributed by atoms with E-state index in [1.165, 1.54) is 19.9 Å². The Morgan fingerprint density at radius 1 is 1.00 bits per heavy atom. The largest absolute Gasteiger partial charge is 0.306 e. The van der Waals surface area contributed by atoms with Gasteiger partial charge >= 0.3 is 0 Å². The van der Waals surface area contributed by atoms with E-state index in [2.05, 4.69) is 86.5 Å². The Bertz CT molecular complexity index is 865. The average molecular weight is 428 g/mol. The van der Waals surface area contributed by atoms with Crippen molar-refractivity contribution in [3.8, 4) is 0 Å². The molecule has 1 N–H and O–H groups in total. The maximum absolute atomic E-state index is 8.72. The lowest BCUT2D eigenvalue weighted by atomic mass is 9.98. The molecule has 0 saturated carbocycles. The van der Waals surface area contributed by atoms with Crippen LogP contribution >= 0.6 is 22.6 Å². The van der Waals surface area contributed by atoms with Crippen LogP contribution in [0.1, 0.15) is 17.2 Å². The third-order valence-corrected chi connectivity index (χ3v) is 4.71. The predicted octanol–water partition coefficient (Wildman–Crippen LogP) is 5.59. The molecule has 0 spiro atoms. The summed E-state index contributed by atoms with van der Waals surface area (Å²) in [4.78, 5) is 2.93. The van der Waals surface area contributed by atoms with Crippen LogP contribution in [-0.4, -0.2) is 6.54 Å². The molecular weight excluding hydrogens is 411 g/mol. The zero-order chi connectivity index (χ0) is 16.8. The number of nitrogens with zero attached hydrogens (tertiary/aromatic N) is 3. The molecular formula is C19H17IN4. The van der Waals surface area contributed by atoms with Crippen LogP contribution < -0.4 is 5.32 Å². The van der Waals surface area contributed by atoms with Crippen LogP contribution in [0.15, 0.2) is 71.8 Å². The molecule has 3 rings (SSSR count). The number of fused-ring (bicyclic) bond motifs is 1. The van der Waals surface area contributed by atoms with Gasteiger partial charge in [-0.25, -0.2) is 0 Å². The van der Waals surface area contributed by atoms with Crippen molar-refractivity contribution in [2.75, 3.05) is 6.54 Å². The van der Waals surface area contributed by atoms with Gasteiger partial charge < -0.3 is 5.32 Å². The van der Waals surface area contributed by atoms with E-state index < -0.39 is 0 Å². The van der Waals surface area contributed by atoms with Crippen LogP contribution in [0.5, 0.6) is 0 Å². The molecule has 0 amide bonds. The molecule has 120 valence electrons. The smallest absolute Gasteiger partial charge is 0.0454 e. The van der Waals surface area contributed by atoms with Gasteiger partial charge in [0.25, 0.3) is 0 Å². The molecule has 0 unspecified atom stereocenters. The molecule has 0 aliphatic rings. The fraction of sp³-hybridized carbons (Fsp3) is 0.158. The summed E-state index contributed by atoms with van der Waals surface area (Å²) in [7, 11) is 0. The van der Waals surface area contributed by atoms with Gasteiger partial charge in [0, 0.05) is 27.6 Å². The van der Waals surface area contributed by atoms with E-state index in [4.69, 9.17) is 5.53 Å². The summed E-state index contributed by atoms with van der Waals surface area (Å²) in [5, 5.41) is 9.71. The summed E-state index contributed by atoms with van der Waals surface area (Å²) >= 11 is 2.30. The summed E-state index contributed by atoms with van der Waals surface area (Å²) < 4.78 is 1.22. The molecule has 24 heavy (non-hydrogen) atoms. The van der Waals surface area contributed by atoms with Crippen LogP contribution in [0.25, 0.3) is 21.2 Å². The Balaban J connectivity index is 1.87. The molecule has 3 aromatic carbocycles. The highest BCUT2D eigenvalue weighted by Crippen LogP contribution is 2.25. The van der Waals surface area contributed by atoms with Gasteiger partial charge in [0.05, 0.1) is 0 Å². The molecule has 0 fully saturated rings. The fourth-order valence-electron chi connectivity index (χ4n) is 2.79. The molecule has 5 heteroatoms. The van der Waals surface area contributed by atoms with E-state index in [-0.39, 0.29) is 6.04 Å². The minimum absolute atomic E-state index is 0.0220. The predicted molar refractivity (Wildman–Crippen MR) is 107 cm³/mol. The van der Waals surface area contributed by atoms with Crippen LogP contribution in [-0.2, 0) is 6.54 Å². The van der Waals surface area contributed by atoms with Gasteiger partial charge in [-0.3, -0.25) is 0 Å². The van der Waals surface area contributed by atoms with E-state index in [1.54, 1.807) is 0 Å². The second kappa shape index (κ2) is 8.15. The quantitative estimate of drug-likeness (QED) is 0.237. The first kappa shape index (κ1) is 16.8. The number of halogens is 1. The number of hydrogen-bond acceptors (Lipinski definition) is 2. The Morgan fingerprint density at radius 2 is 1.75 bits per heavy atom. The molecule has 0 aliphatic carbocycles. The van der Waals surface area contributed by atoms with Crippen LogP contribution in [0, 0.1) is 3.57 Å². The standard InChI is InChI=1S/C19H17IN4/c20-16-10-8-14(9-11-16)12-22-19(13-23-24-21)18-7-3-5-15-4-1-2-6-17(15)18/h1-11,19,22H,12-13H2/t19-/m0/s1. The van der Waals surface area contributed by atoms with Gasteiger partial charge in [0.15, 0.2) is 0 Å². The zero-order valence-electron chi connectivity index (χ0n) is 13.1. The molecule has 4 nitrogen and oxygen atoms in total. The number of hydrogen-bond donors (Lipinski definition) is 1. The summed E-state index contributed by atoms with van der Waals surface area (Å²) in [5.74, 6) is 0. The number of rotatable bonds is 6. The maximum Gasteiger partial charge on any atom is 0.0454 e. The van der Waals surface area contributed by atoms with Crippen molar-refractivity contribution >= 4 is 33.4 Å². The Kier molecular flexibility index (Phi) is 5.69. The molecule has 3 aromatic rings. The van der Waals surface area contributed by atoms with Crippen LogP contribution in [0.3, 0.4) is 0 Å². The van der Waals surface area contributed by atoms with E-state index in [0.717, 1.165) is 12.1 Å². The van der Waals surface area contributed by atoms with Crippen molar-refractivity contribution in [3.05, 3.63) is 91.9 Å². The molecule has 0 radical (unpaired) electrons. The van der Waals surface area contributed by atoms with Crippen LogP contribution in [0.4, 0.5) is 0 Å². The molecule has 0 heterocycles.